The third kappa shape index (κ3) is 3.68. The summed E-state index contributed by atoms with van der Waals surface area (Å²) in [5, 5.41) is 2.51. The first-order chi connectivity index (χ1) is 14.3. The summed E-state index contributed by atoms with van der Waals surface area (Å²) in [7, 11) is 0. The van der Waals surface area contributed by atoms with Gasteiger partial charge in [0, 0.05) is 47.7 Å². The fourth-order valence-corrected chi connectivity index (χ4v) is 4.56. The number of aromatic amines is 2. The van der Waals surface area contributed by atoms with Crippen molar-refractivity contribution < 1.29 is 4.79 Å². The molecule has 4 heterocycles. The lowest BCUT2D eigenvalue weighted by atomic mass is 9.84. The van der Waals surface area contributed by atoms with Gasteiger partial charge in [0.05, 0.1) is 16.8 Å². The van der Waals surface area contributed by atoms with Crippen molar-refractivity contribution in [3.63, 3.8) is 0 Å². The molecule has 4 rings (SSSR count). The van der Waals surface area contributed by atoms with Crippen LogP contribution in [-0.2, 0) is 0 Å². The van der Waals surface area contributed by atoms with E-state index < -0.39 is 0 Å². The van der Waals surface area contributed by atoms with E-state index in [1.165, 1.54) is 17.5 Å². The molecule has 154 valence electrons. The molecule has 0 atom stereocenters. The molecule has 3 aromatic heterocycles. The van der Waals surface area contributed by atoms with E-state index in [9.17, 15) is 9.59 Å². The van der Waals surface area contributed by atoms with Gasteiger partial charge in [-0.1, -0.05) is 38.7 Å². The number of pyridine rings is 1. The zero-order valence-electron chi connectivity index (χ0n) is 17.3. The predicted molar refractivity (Wildman–Crippen MR) is 122 cm³/mol. The van der Waals surface area contributed by atoms with E-state index in [0.717, 1.165) is 35.6 Å². The molecule has 1 fully saturated rings. The minimum absolute atomic E-state index is 0.0679. The topological polar surface area (TPSA) is 81.8 Å². The van der Waals surface area contributed by atoms with Crippen molar-refractivity contribution in [2.45, 2.75) is 20.8 Å². The highest BCUT2D eigenvalue weighted by Crippen LogP contribution is 2.33. The SMILES string of the molecule is C=C/C=C\c1c(-c2csc(-c3cc(C(=O)N4CC(C)(C)C4)c[nH]c3=O)n2)c[nH]c1C. The Bertz CT molecular complexity index is 1200. The molecule has 6 nitrogen and oxygen atoms in total. The number of H-pyrrole nitrogens is 2. The molecule has 0 aromatic carbocycles. The van der Waals surface area contributed by atoms with Crippen molar-refractivity contribution in [1.82, 2.24) is 19.9 Å². The van der Waals surface area contributed by atoms with Crippen LogP contribution in [0, 0.1) is 12.3 Å². The van der Waals surface area contributed by atoms with Crippen molar-refractivity contribution in [2.24, 2.45) is 5.41 Å². The number of nitrogens with one attached hydrogen (secondary N) is 2. The van der Waals surface area contributed by atoms with E-state index in [1.807, 2.05) is 30.7 Å². The fraction of sp³-hybridized carbons (Fsp3) is 0.261. The number of nitrogens with zero attached hydrogens (tertiary/aromatic N) is 2. The Morgan fingerprint density at radius 2 is 2.03 bits per heavy atom. The monoisotopic (exact) mass is 420 g/mol. The quantitative estimate of drug-likeness (QED) is 0.597. The van der Waals surface area contributed by atoms with E-state index in [-0.39, 0.29) is 16.9 Å². The van der Waals surface area contributed by atoms with Crippen LogP contribution in [0.1, 0.15) is 35.5 Å². The summed E-state index contributed by atoms with van der Waals surface area (Å²) in [6.07, 6.45) is 8.98. The molecule has 7 heteroatoms. The Morgan fingerprint density at radius 3 is 2.73 bits per heavy atom. The zero-order valence-corrected chi connectivity index (χ0v) is 18.1. The van der Waals surface area contributed by atoms with Crippen LogP contribution in [-0.4, -0.2) is 38.8 Å². The second-order valence-corrected chi connectivity index (χ2v) is 9.19. The van der Waals surface area contributed by atoms with Crippen LogP contribution >= 0.6 is 11.3 Å². The number of carbonyl (C=O) groups excluding carboxylic acids is 1. The number of aryl methyl sites for hydroxylation is 1. The van der Waals surface area contributed by atoms with Crippen molar-refractivity contribution in [1.29, 1.82) is 0 Å². The van der Waals surface area contributed by atoms with Gasteiger partial charge in [0.15, 0.2) is 0 Å². The third-order valence-corrected chi connectivity index (χ3v) is 6.09. The number of amides is 1. The van der Waals surface area contributed by atoms with Crippen LogP contribution in [0.15, 0.2) is 47.4 Å². The van der Waals surface area contributed by atoms with E-state index in [1.54, 1.807) is 17.0 Å². The molecule has 3 aromatic rings. The van der Waals surface area contributed by atoms with Crippen LogP contribution in [0.3, 0.4) is 0 Å². The normalized spacial score (nSPS) is 15.4. The second-order valence-electron chi connectivity index (χ2n) is 8.33. The third-order valence-electron chi connectivity index (χ3n) is 5.21. The lowest BCUT2D eigenvalue weighted by Gasteiger charge is -2.45. The molecule has 1 saturated heterocycles. The minimum atomic E-state index is -0.256. The molecule has 1 aliphatic heterocycles. The zero-order chi connectivity index (χ0) is 21.5. The summed E-state index contributed by atoms with van der Waals surface area (Å²) >= 11 is 1.39. The van der Waals surface area contributed by atoms with E-state index in [0.29, 0.717) is 16.1 Å². The summed E-state index contributed by atoms with van der Waals surface area (Å²) in [4.78, 5) is 37.6. The van der Waals surface area contributed by atoms with Crippen molar-refractivity contribution in [2.75, 3.05) is 13.1 Å². The lowest BCUT2D eigenvalue weighted by molar-refractivity contribution is 0.0236. The molecular weight excluding hydrogens is 396 g/mol. The van der Waals surface area contributed by atoms with Gasteiger partial charge in [-0.2, -0.15) is 0 Å². The van der Waals surface area contributed by atoms with Gasteiger partial charge in [-0.05, 0) is 18.4 Å². The largest absolute Gasteiger partial charge is 0.364 e. The highest BCUT2D eigenvalue weighted by atomic mass is 32.1. The number of allylic oxidation sites excluding steroid dienone is 2. The molecule has 0 bridgehead atoms. The van der Waals surface area contributed by atoms with Gasteiger partial charge in [0.2, 0.25) is 0 Å². The molecular formula is C23H24N4O2S. The first-order valence-corrected chi connectivity index (χ1v) is 10.6. The van der Waals surface area contributed by atoms with E-state index in [4.69, 9.17) is 4.98 Å². The summed E-state index contributed by atoms with van der Waals surface area (Å²) in [5.74, 6) is -0.0679. The summed E-state index contributed by atoms with van der Waals surface area (Å²) in [5.41, 5.74) is 4.58. The predicted octanol–water partition coefficient (Wildman–Crippen LogP) is 4.48. The Morgan fingerprint density at radius 1 is 1.27 bits per heavy atom. The number of carbonyl (C=O) groups is 1. The number of likely N-dealkylation sites (tertiary alicyclic amines) is 1. The second kappa shape index (κ2) is 7.57. The number of rotatable bonds is 5. The van der Waals surface area contributed by atoms with Crippen LogP contribution in [0.5, 0.6) is 0 Å². The van der Waals surface area contributed by atoms with Gasteiger partial charge in [-0.15, -0.1) is 11.3 Å². The highest BCUT2D eigenvalue weighted by Gasteiger charge is 2.37. The molecule has 0 radical (unpaired) electrons. The van der Waals surface area contributed by atoms with Crippen molar-refractivity contribution in [3.05, 3.63) is 69.7 Å². The Balaban J connectivity index is 1.66. The maximum Gasteiger partial charge on any atom is 0.258 e. The fourth-order valence-electron chi connectivity index (χ4n) is 3.73. The molecule has 1 aliphatic rings. The van der Waals surface area contributed by atoms with Gasteiger partial charge in [-0.3, -0.25) is 9.59 Å². The average Bonchev–Trinajstić information content (AvgIpc) is 3.31. The number of hydrogen-bond acceptors (Lipinski definition) is 4. The first kappa shape index (κ1) is 20.1. The number of aromatic nitrogens is 3. The van der Waals surface area contributed by atoms with Crippen molar-refractivity contribution >= 4 is 23.3 Å². The average molecular weight is 421 g/mol. The minimum Gasteiger partial charge on any atom is -0.364 e. The van der Waals surface area contributed by atoms with Gasteiger partial charge in [0.1, 0.15) is 5.01 Å². The van der Waals surface area contributed by atoms with Crippen LogP contribution in [0.4, 0.5) is 0 Å². The van der Waals surface area contributed by atoms with Gasteiger partial charge in [0.25, 0.3) is 11.5 Å². The standard InChI is InChI=1S/C23H24N4O2S/c1-5-6-7-16-14(2)24-10-18(16)19-11-30-21(26-19)17-8-15(9-25-20(17)28)22(29)27-12-23(3,4)13-27/h5-11,24H,1,12-13H2,2-4H3,(H,25,28)/b7-6-. The van der Waals surface area contributed by atoms with Crippen molar-refractivity contribution in [3.8, 4) is 21.8 Å². The molecule has 1 amide bonds. The maximum atomic E-state index is 12.8. The number of thiazole rings is 1. The van der Waals surface area contributed by atoms with Crippen LogP contribution < -0.4 is 5.56 Å². The van der Waals surface area contributed by atoms with Gasteiger partial charge >= 0.3 is 0 Å². The van der Waals surface area contributed by atoms with Gasteiger partial charge in [-0.25, -0.2) is 4.98 Å². The Labute approximate surface area is 179 Å². The smallest absolute Gasteiger partial charge is 0.258 e. The summed E-state index contributed by atoms with van der Waals surface area (Å²) in [6.45, 7) is 11.4. The van der Waals surface area contributed by atoms with Crippen LogP contribution in [0.2, 0.25) is 0 Å². The highest BCUT2D eigenvalue weighted by molar-refractivity contribution is 7.13. The molecule has 0 saturated carbocycles. The van der Waals surface area contributed by atoms with E-state index in [2.05, 4.69) is 30.4 Å². The lowest BCUT2D eigenvalue weighted by Crippen LogP contribution is -2.55. The van der Waals surface area contributed by atoms with E-state index >= 15 is 0 Å². The molecule has 0 spiro atoms. The summed E-state index contributed by atoms with van der Waals surface area (Å²) < 4.78 is 0. The number of hydrogen-bond donors (Lipinski definition) is 2. The Hall–Kier alpha value is -3.19. The molecule has 0 aliphatic carbocycles. The summed E-state index contributed by atoms with van der Waals surface area (Å²) in [6, 6.07) is 1.65. The Kier molecular flexibility index (Phi) is 5.07. The molecule has 30 heavy (non-hydrogen) atoms. The molecule has 0 unspecified atom stereocenters. The van der Waals surface area contributed by atoms with Gasteiger partial charge < -0.3 is 14.9 Å². The maximum absolute atomic E-state index is 12.8. The first-order valence-electron chi connectivity index (χ1n) is 9.74. The van der Waals surface area contributed by atoms with Crippen LogP contribution in [0.25, 0.3) is 27.9 Å². The molecule has 2 N–H and O–H groups in total.